The van der Waals surface area contributed by atoms with Gasteiger partial charge in [-0.1, -0.05) is 29.0 Å². The molecule has 0 spiro atoms. The Morgan fingerprint density at radius 1 is 1.10 bits per heavy atom. The molecular formula is C15H14O4S. The van der Waals surface area contributed by atoms with Crippen LogP contribution in [0.25, 0.3) is 0 Å². The summed E-state index contributed by atoms with van der Waals surface area (Å²) in [5.41, 5.74) is 1.14. The summed E-state index contributed by atoms with van der Waals surface area (Å²) >= 11 is 1.12. The lowest BCUT2D eigenvalue weighted by atomic mass is 10.2. The van der Waals surface area contributed by atoms with E-state index in [1.54, 1.807) is 19.1 Å². The van der Waals surface area contributed by atoms with Crippen molar-refractivity contribution in [3.05, 3.63) is 46.8 Å². The fourth-order valence-corrected chi connectivity index (χ4v) is 2.32. The molecule has 0 N–H and O–H groups in total. The van der Waals surface area contributed by atoms with Crippen LogP contribution in [0.5, 0.6) is 10.8 Å². The van der Waals surface area contributed by atoms with E-state index in [0.717, 1.165) is 16.9 Å². The molecule has 0 fully saturated rings. The van der Waals surface area contributed by atoms with Gasteiger partial charge in [0.1, 0.15) is 5.75 Å². The third kappa shape index (κ3) is 3.45. The summed E-state index contributed by atoms with van der Waals surface area (Å²) in [6, 6.07) is 10.8. The molecule has 1 aromatic carbocycles. The van der Waals surface area contributed by atoms with Crippen LogP contribution in [0.3, 0.4) is 0 Å². The topological polar surface area (TPSA) is 52.6 Å². The number of Topliss-reactive ketones (excluding diaryl/α,β-unsaturated/α-hetero) is 1. The van der Waals surface area contributed by atoms with Crippen LogP contribution < -0.4 is 4.74 Å². The lowest BCUT2D eigenvalue weighted by molar-refractivity contribution is -0.137. The van der Waals surface area contributed by atoms with Gasteiger partial charge in [-0.25, -0.2) is 4.79 Å². The molecular weight excluding hydrogens is 276 g/mol. The standard InChI is InChI=1S/C15H14O4S/c1-3-18-15(17)14(16)12-8-9-13(20-12)19-11-6-4-10(2)5-7-11/h4-9H,3H2,1-2H3. The molecule has 20 heavy (non-hydrogen) atoms. The van der Waals surface area contributed by atoms with Gasteiger partial charge in [-0.2, -0.15) is 0 Å². The quantitative estimate of drug-likeness (QED) is 0.479. The molecule has 5 heteroatoms. The van der Waals surface area contributed by atoms with E-state index in [4.69, 9.17) is 4.74 Å². The molecule has 2 rings (SSSR count). The van der Waals surface area contributed by atoms with Crippen molar-refractivity contribution in [2.24, 2.45) is 0 Å². The fourth-order valence-electron chi connectivity index (χ4n) is 1.52. The summed E-state index contributed by atoms with van der Waals surface area (Å²) in [5, 5.41) is 0.557. The Kier molecular flexibility index (Phi) is 4.53. The summed E-state index contributed by atoms with van der Waals surface area (Å²) in [5.74, 6) is -0.792. The smallest absolute Gasteiger partial charge is 0.380 e. The number of hydrogen-bond acceptors (Lipinski definition) is 5. The van der Waals surface area contributed by atoms with Gasteiger partial charge >= 0.3 is 5.97 Å². The molecule has 0 radical (unpaired) electrons. The van der Waals surface area contributed by atoms with Crippen molar-refractivity contribution in [2.75, 3.05) is 6.61 Å². The number of thiophene rings is 1. The number of aryl methyl sites for hydroxylation is 1. The van der Waals surface area contributed by atoms with Gasteiger partial charge < -0.3 is 9.47 Å². The maximum Gasteiger partial charge on any atom is 0.380 e. The molecule has 0 saturated heterocycles. The molecule has 0 unspecified atom stereocenters. The van der Waals surface area contributed by atoms with E-state index in [1.807, 2.05) is 31.2 Å². The van der Waals surface area contributed by atoms with Gasteiger partial charge in [0.05, 0.1) is 11.5 Å². The van der Waals surface area contributed by atoms with Crippen molar-refractivity contribution in [2.45, 2.75) is 13.8 Å². The molecule has 0 aliphatic rings. The van der Waals surface area contributed by atoms with Crippen molar-refractivity contribution >= 4 is 23.1 Å². The van der Waals surface area contributed by atoms with Gasteiger partial charge in [0.2, 0.25) is 0 Å². The summed E-state index contributed by atoms with van der Waals surface area (Å²) in [4.78, 5) is 23.4. The molecule has 0 amide bonds. The predicted molar refractivity (Wildman–Crippen MR) is 76.5 cm³/mol. The Morgan fingerprint density at radius 3 is 2.45 bits per heavy atom. The molecule has 1 aromatic heterocycles. The maximum absolute atomic E-state index is 11.7. The monoisotopic (exact) mass is 290 g/mol. The van der Waals surface area contributed by atoms with Crippen LogP contribution in [0, 0.1) is 6.92 Å². The largest absolute Gasteiger partial charge is 0.460 e. The van der Waals surface area contributed by atoms with Crippen molar-refractivity contribution < 1.29 is 19.1 Å². The Balaban J connectivity index is 2.07. The number of hydrogen-bond donors (Lipinski definition) is 0. The van der Waals surface area contributed by atoms with E-state index < -0.39 is 11.8 Å². The maximum atomic E-state index is 11.7. The van der Waals surface area contributed by atoms with E-state index in [-0.39, 0.29) is 6.61 Å². The lowest BCUT2D eigenvalue weighted by Gasteiger charge is -2.02. The lowest BCUT2D eigenvalue weighted by Crippen LogP contribution is -2.16. The Morgan fingerprint density at radius 2 is 1.80 bits per heavy atom. The zero-order valence-corrected chi connectivity index (χ0v) is 12.0. The van der Waals surface area contributed by atoms with E-state index >= 15 is 0 Å². The third-order valence-electron chi connectivity index (χ3n) is 2.51. The summed E-state index contributed by atoms with van der Waals surface area (Å²) in [7, 11) is 0. The molecule has 104 valence electrons. The Labute approximate surface area is 121 Å². The van der Waals surface area contributed by atoms with E-state index in [9.17, 15) is 9.59 Å². The van der Waals surface area contributed by atoms with Crippen molar-refractivity contribution in [1.82, 2.24) is 0 Å². The second-order valence-electron chi connectivity index (χ2n) is 4.08. The summed E-state index contributed by atoms with van der Waals surface area (Å²) in [6.07, 6.45) is 0. The van der Waals surface area contributed by atoms with E-state index in [1.165, 1.54) is 0 Å². The van der Waals surface area contributed by atoms with Crippen molar-refractivity contribution in [1.29, 1.82) is 0 Å². The van der Waals surface area contributed by atoms with E-state index in [2.05, 4.69) is 4.74 Å². The van der Waals surface area contributed by atoms with Gasteiger partial charge in [-0.15, -0.1) is 0 Å². The van der Waals surface area contributed by atoms with Crippen LogP contribution in [0.2, 0.25) is 0 Å². The van der Waals surface area contributed by atoms with Crippen LogP contribution in [0.4, 0.5) is 0 Å². The Hall–Kier alpha value is -2.14. The number of benzene rings is 1. The number of carbonyl (C=O) groups is 2. The number of ether oxygens (including phenoxy) is 2. The first-order valence-electron chi connectivity index (χ1n) is 6.16. The minimum absolute atomic E-state index is 0.183. The van der Waals surface area contributed by atoms with Gasteiger partial charge in [0.15, 0.2) is 5.06 Å². The van der Waals surface area contributed by atoms with Crippen LogP contribution in [0.1, 0.15) is 22.2 Å². The van der Waals surface area contributed by atoms with Crippen LogP contribution in [0.15, 0.2) is 36.4 Å². The van der Waals surface area contributed by atoms with E-state index in [0.29, 0.717) is 15.7 Å². The van der Waals surface area contributed by atoms with Crippen LogP contribution >= 0.6 is 11.3 Å². The predicted octanol–water partition coefficient (Wildman–Crippen LogP) is 3.59. The normalized spacial score (nSPS) is 10.1. The highest BCUT2D eigenvalue weighted by Gasteiger charge is 2.19. The van der Waals surface area contributed by atoms with Crippen LogP contribution in [-0.4, -0.2) is 18.4 Å². The number of rotatable bonds is 5. The third-order valence-corrected chi connectivity index (χ3v) is 3.47. The highest BCUT2D eigenvalue weighted by molar-refractivity contribution is 7.16. The SMILES string of the molecule is CCOC(=O)C(=O)c1ccc(Oc2ccc(C)cc2)s1. The zero-order chi connectivity index (χ0) is 14.5. The first-order valence-corrected chi connectivity index (χ1v) is 6.97. The van der Waals surface area contributed by atoms with Gasteiger partial charge in [-0.05, 0) is 38.1 Å². The molecule has 0 atom stereocenters. The highest BCUT2D eigenvalue weighted by atomic mass is 32.1. The Bertz CT molecular complexity index is 613. The summed E-state index contributed by atoms with van der Waals surface area (Å²) in [6.45, 7) is 3.83. The number of esters is 1. The molecule has 4 nitrogen and oxygen atoms in total. The van der Waals surface area contributed by atoms with Gasteiger partial charge in [0, 0.05) is 0 Å². The van der Waals surface area contributed by atoms with Gasteiger partial charge in [-0.3, -0.25) is 4.79 Å². The molecule has 1 heterocycles. The fraction of sp³-hybridized carbons (Fsp3) is 0.200. The first kappa shape index (κ1) is 14.3. The minimum atomic E-state index is -0.837. The van der Waals surface area contributed by atoms with Crippen molar-refractivity contribution in [3.63, 3.8) is 0 Å². The number of carbonyl (C=O) groups excluding carboxylic acids is 2. The highest BCUT2D eigenvalue weighted by Crippen LogP contribution is 2.30. The van der Waals surface area contributed by atoms with Crippen LogP contribution in [-0.2, 0) is 9.53 Å². The molecule has 0 saturated carbocycles. The summed E-state index contributed by atoms with van der Waals surface area (Å²) < 4.78 is 10.3. The molecule has 2 aromatic rings. The second-order valence-corrected chi connectivity index (χ2v) is 5.13. The first-order chi connectivity index (χ1) is 9.60. The minimum Gasteiger partial charge on any atom is -0.460 e. The average molecular weight is 290 g/mol. The van der Waals surface area contributed by atoms with Crippen molar-refractivity contribution in [3.8, 4) is 10.8 Å². The molecule has 0 bridgehead atoms. The number of ketones is 1. The second kappa shape index (κ2) is 6.34. The van der Waals surface area contributed by atoms with Gasteiger partial charge in [0.25, 0.3) is 5.78 Å². The zero-order valence-electron chi connectivity index (χ0n) is 11.2. The average Bonchev–Trinajstić information content (AvgIpc) is 2.89. The molecule has 0 aliphatic heterocycles. The molecule has 0 aliphatic carbocycles.